The van der Waals surface area contributed by atoms with Crippen LogP contribution in [0.25, 0.3) is 22.0 Å². The van der Waals surface area contributed by atoms with E-state index in [1.807, 2.05) is 18.2 Å². The molecule has 52 heavy (non-hydrogen) atoms. The summed E-state index contributed by atoms with van der Waals surface area (Å²) in [6.07, 6.45) is 3.00. The lowest BCUT2D eigenvalue weighted by molar-refractivity contribution is -0.141. The summed E-state index contributed by atoms with van der Waals surface area (Å²) in [4.78, 5) is 67.1. The first kappa shape index (κ1) is 36.6. The van der Waals surface area contributed by atoms with E-state index in [9.17, 15) is 32.3 Å². The number of amides is 1. The molecule has 1 aromatic carbocycles. The minimum atomic E-state index is -4.74. The average molecular weight is 719 g/mol. The van der Waals surface area contributed by atoms with Gasteiger partial charge in [0, 0.05) is 49.5 Å². The Morgan fingerprint density at radius 1 is 1.02 bits per heavy atom. The van der Waals surface area contributed by atoms with Crippen LogP contribution in [-0.4, -0.2) is 71.1 Å². The molecule has 6 rings (SSSR count). The molecule has 14 heteroatoms. The van der Waals surface area contributed by atoms with E-state index in [2.05, 4.69) is 20.1 Å². The number of allylic oxidation sites excluding steroid dienone is 2. The molecule has 5 heterocycles. The Balaban J connectivity index is 1.42. The smallest absolute Gasteiger partial charge is 0.328 e. The summed E-state index contributed by atoms with van der Waals surface area (Å²) in [6.45, 7) is 3.71. The van der Waals surface area contributed by atoms with Gasteiger partial charge in [-0.3, -0.25) is 23.9 Å². The molecule has 0 unspecified atom stereocenters. The molecule has 3 aromatic heterocycles. The van der Waals surface area contributed by atoms with Gasteiger partial charge in [-0.15, -0.1) is 0 Å². The summed E-state index contributed by atoms with van der Waals surface area (Å²) in [5, 5.41) is 5.04. The molecule has 1 fully saturated rings. The van der Waals surface area contributed by atoms with Crippen LogP contribution in [0.2, 0.25) is 0 Å². The van der Waals surface area contributed by atoms with Crippen molar-refractivity contribution in [3.63, 3.8) is 0 Å². The Morgan fingerprint density at radius 2 is 1.77 bits per heavy atom. The second kappa shape index (κ2) is 14.5. The Hall–Kier alpha value is -5.14. The van der Waals surface area contributed by atoms with Crippen molar-refractivity contribution in [1.82, 2.24) is 29.6 Å². The number of aryl methyl sites for hydroxylation is 2. The highest BCUT2D eigenvalue weighted by molar-refractivity contribution is 6.07. The number of benzene rings is 1. The van der Waals surface area contributed by atoms with Crippen molar-refractivity contribution in [3.05, 3.63) is 82.8 Å². The largest absolute Gasteiger partial charge is 0.433 e. The first-order chi connectivity index (χ1) is 24.6. The van der Waals surface area contributed by atoms with Crippen LogP contribution in [0.4, 0.5) is 17.6 Å². The number of carbonyl (C=O) groups is 4. The number of aromatic nitrogens is 5. The van der Waals surface area contributed by atoms with Gasteiger partial charge in [-0.1, -0.05) is 18.2 Å². The van der Waals surface area contributed by atoms with Gasteiger partial charge in [0.1, 0.15) is 35.2 Å². The number of nitrogens with zero attached hydrogens (tertiary/aromatic N) is 6. The summed E-state index contributed by atoms with van der Waals surface area (Å²) < 4.78 is 58.4. The van der Waals surface area contributed by atoms with Crippen molar-refractivity contribution in [2.75, 3.05) is 6.54 Å². The van der Waals surface area contributed by atoms with Gasteiger partial charge in [-0.05, 0) is 74.4 Å². The highest BCUT2D eigenvalue weighted by Gasteiger charge is 2.49. The van der Waals surface area contributed by atoms with Crippen LogP contribution in [0.5, 0.6) is 0 Å². The molecule has 2 aliphatic rings. The van der Waals surface area contributed by atoms with Gasteiger partial charge < -0.3 is 4.90 Å². The van der Waals surface area contributed by atoms with Crippen LogP contribution < -0.4 is 0 Å². The number of alkyl halides is 4. The van der Waals surface area contributed by atoms with E-state index in [0.29, 0.717) is 47.1 Å². The molecule has 2 atom stereocenters. The van der Waals surface area contributed by atoms with Gasteiger partial charge in [-0.2, -0.15) is 18.3 Å². The minimum Gasteiger partial charge on any atom is -0.328 e. The lowest BCUT2D eigenvalue weighted by atomic mass is 9.92. The van der Waals surface area contributed by atoms with E-state index < -0.39 is 61.2 Å². The second-order valence-corrected chi connectivity index (χ2v) is 13.7. The zero-order chi connectivity index (χ0) is 37.4. The molecule has 2 bridgehead atoms. The van der Waals surface area contributed by atoms with Crippen LogP contribution in [0, 0.1) is 13.8 Å². The van der Waals surface area contributed by atoms with Crippen LogP contribution in [-0.2, 0) is 39.9 Å². The van der Waals surface area contributed by atoms with Crippen molar-refractivity contribution in [2.45, 2.75) is 96.6 Å². The SMILES string of the molecule is CC(=O)c1nn2c3c(cc(-c4cnc(C)nc4)cc13)CC=CCCCC(=O)CC[C@]1(F)C[C@@H](C(=O)Cc3nc(C(F)(F)F)ccc3C)N(C1)C(=O)C2. The lowest BCUT2D eigenvalue weighted by Gasteiger charge is -2.24. The first-order valence-corrected chi connectivity index (χ1v) is 17.2. The number of Topliss-reactive ketones (excluding diaryl/α,β-unsaturated/α-hetero) is 3. The number of hydrogen-bond donors (Lipinski definition) is 0. The van der Waals surface area contributed by atoms with E-state index >= 15 is 4.39 Å². The summed E-state index contributed by atoms with van der Waals surface area (Å²) in [6, 6.07) is 4.41. The predicted octanol–water partition coefficient (Wildman–Crippen LogP) is 6.48. The van der Waals surface area contributed by atoms with Gasteiger partial charge in [-0.25, -0.2) is 19.3 Å². The molecule has 0 radical (unpaired) electrons. The van der Waals surface area contributed by atoms with E-state index in [-0.39, 0.29) is 42.2 Å². The highest BCUT2D eigenvalue weighted by atomic mass is 19.4. The van der Waals surface area contributed by atoms with Gasteiger partial charge in [0.05, 0.1) is 30.2 Å². The van der Waals surface area contributed by atoms with Crippen molar-refractivity contribution >= 4 is 34.2 Å². The van der Waals surface area contributed by atoms with Gasteiger partial charge >= 0.3 is 6.18 Å². The molecular formula is C38H38F4N6O4. The molecule has 0 aliphatic carbocycles. The van der Waals surface area contributed by atoms with Crippen molar-refractivity contribution in [2.24, 2.45) is 0 Å². The quantitative estimate of drug-likeness (QED) is 0.130. The highest BCUT2D eigenvalue weighted by Crippen LogP contribution is 2.37. The normalized spacial score (nSPS) is 20.4. The number of fused-ring (bicyclic) bond motifs is 2. The van der Waals surface area contributed by atoms with E-state index in [1.54, 1.807) is 25.4 Å². The van der Waals surface area contributed by atoms with Crippen LogP contribution in [0.15, 0.2) is 48.8 Å². The average Bonchev–Trinajstić information content (AvgIpc) is 3.64. The molecule has 2 aliphatic heterocycles. The Morgan fingerprint density at radius 3 is 2.48 bits per heavy atom. The first-order valence-electron chi connectivity index (χ1n) is 17.2. The monoisotopic (exact) mass is 718 g/mol. The molecule has 0 N–H and O–H groups in total. The molecule has 272 valence electrons. The fourth-order valence-corrected chi connectivity index (χ4v) is 6.95. The van der Waals surface area contributed by atoms with Crippen LogP contribution in [0.1, 0.15) is 84.3 Å². The zero-order valence-corrected chi connectivity index (χ0v) is 29.1. The Labute approximate surface area is 297 Å². The maximum atomic E-state index is 16.6. The third kappa shape index (κ3) is 7.85. The van der Waals surface area contributed by atoms with Gasteiger partial charge in [0.2, 0.25) is 5.91 Å². The molecule has 0 spiro atoms. The maximum Gasteiger partial charge on any atom is 0.433 e. The summed E-state index contributed by atoms with van der Waals surface area (Å²) in [7, 11) is 0. The molecule has 4 aromatic rings. The molecule has 0 saturated carbocycles. The summed E-state index contributed by atoms with van der Waals surface area (Å²) in [5.41, 5.74) is -0.239. The summed E-state index contributed by atoms with van der Waals surface area (Å²) in [5.74, 6) is -1.24. The van der Waals surface area contributed by atoms with Gasteiger partial charge in [0.25, 0.3) is 0 Å². The number of halogens is 4. The number of carbonyl (C=O) groups excluding carboxylic acids is 4. The fourth-order valence-electron chi connectivity index (χ4n) is 6.95. The fraction of sp³-hybridized carbons (Fsp3) is 0.421. The number of ketones is 3. The van der Waals surface area contributed by atoms with Gasteiger partial charge in [0.15, 0.2) is 11.6 Å². The third-order valence-corrected chi connectivity index (χ3v) is 9.75. The standard InChI is InChI=1S/C38H38F4N6O4/c1-22-10-11-33(38(40,41)42)45-30(22)16-32(51)31-17-37(39)13-12-28(50)9-7-5-4-6-8-25-14-26(27-18-43-24(3)44-19-27)15-29-35(23(2)49)46-48(36(25)29)20-34(52)47(31)21-37/h4,6,10-11,14-15,18-19,31H,5,7-9,12-13,16-17,20-21H2,1-3H3/t31-,37-/m0/s1. The minimum absolute atomic E-state index is 0.0872. The van der Waals surface area contributed by atoms with E-state index in [1.165, 1.54) is 24.6 Å². The molecule has 10 nitrogen and oxygen atoms in total. The Kier molecular flexibility index (Phi) is 10.2. The number of hydrogen-bond acceptors (Lipinski definition) is 8. The maximum absolute atomic E-state index is 16.6. The third-order valence-electron chi connectivity index (χ3n) is 9.75. The van der Waals surface area contributed by atoms with Crippen LogP contribution in [0.3, 0.4) is 0 Å². The second-order valence-electron chi connectivity index (χ2n) is 13.7. The van der Waals surface area contributed by atoms with E-state index in [0.717, 1.165) is 22.1 Å². The molecule has 1 saturated heterocycles. The number of pyridine rings is 1. The van der Waals surface area contributed by atoms with Crippen LogP contribution >= 0.6 is 0 Å². The summed E-state index contributed by atoms with van der Waals surface area (Å²) >= 11 is 0. The van der Waals surface area contributed by atoms with Crippen molar-refractivity contribution in [3.8, 4) is 11.1 Å². The topological polar surface area (TPSA) is 128 Å². The van der Waals surface area contributed by atoms with E-state index in [4.69, 9.17) is 0 Å². The lowest BCUT2D eigenvalue weighted by Crippen LogP contribution is -2.43. The van der Waals surface area contributed by atoms with Crippen molar-refractivity contribution < 1.29 is 36.7 Å². The number of rotatable bonds is 5. The predicted molar refractivity (Wildman–Crippen MR) is 183 cm³/mol. The van der Waals surface area contributed by atoms with Crippen molar-refractivity contribution in [1.29, 1.82) is 0 Å². The zero-order valence-electron chi connectivity index (χ0n) is 29.1. The molecule has 1 amide bonds. The Bertz CT molecular complexity index is 2090. The molecular weight excluding hydrogens is 680 g/mol.